The van der Waals surface area contributed by atoms with Crippen molar-refractivity contribution < 1.29 is 62.8 Å². The maximum absolute atomic E-state index is 14.5. The summed E-state index contributed by atoms with van der Waals surface area (Å²) in [5.74, 6) is -3.00. The standard InChI is InChI=1S/C42H78N2O13/c1-17-31-42(12,49)37(51-18-2)27(7)44(15)22-23(3)20-40(10,48)36(57-39-34(54-29(9)45)30(43(13)14)19-24(4)52-39)25(5)33(26(6)38(47)55-31)56-32-21-41(11,50-16)35(46)28(8)53-32/h23-28,30-37,39,46,48-49H,17-22H2,1-16H3/t23-,24-,25+,26-,27-,28+,30+,31-,32+,33+,34-,35+,36-,37-,39+,40-,41-,42-/m1/s1. The van der Waals surface area contributed by atoms with Gasteiger partial charge in [-0.25, -0.2) is 0 Å². The summed E-state index contributed by atoms with van der Waals surface area (Å²) in [5.41, 5.74) is -4.18. The summed E-state index contributed by atoms with van der Waals surface area (Å²) < 4.78 is 50.5. The summed E-state index contributed by atoms with van der Waals surface area (Å²) >= 11 is 0. The monoisotopic (exact) mass is 819 g/mol. The second-order valence-electron chi connectivity index (χ2n) is 18.2. The summed E-state index contributed by atoms with van der Waals surface area (Å²) in [6.07, 6.45) is -7.28. The average molecular weight is 819 g/mol. The molecule has 3 N–H and O–H groups in total. The molecular weight excluding hydrogens is 740 g/mol. The highest BCUT2D eigenvalue weighted by Gasteiger charge is 2.53. The SMILES string of the molecule is CCO[C@@H]1[C@@H](C)N(C)C[C@H](C)C[C@@](C)(O)[C@H](O[C@@H]2O[C@H](C)C[C@H](N(C)C)[C@H]2OC(C)=O)[C@@H](C)[C@H](O[C@H]2C[C@@](C)(OC)[C@@H](O)[C@H](C)O2)[C@@H](C)C(=O)O[C@H](CC)[C@@]1(C)O. The largest absolute Gasteiger partial charge is 0.459 e. The van der Waals surface area contributed by atoms with Crippen LogP contribution in [-0.4, -0.2) is 169 Å². The number of carbonyl (C=O) groups is 2. The lowest BCUT2D eigenvalue weighted by molar-refractivity contribution is -0.318. The van der Waals surface area contributed by atoms with Gasteiger partial charge < -0.3 is 63.0 Å². The molecule has 0 aromatic rings. The van der Waals surface area contributed by atoms with Gasteiger partial charge in [-0.3, -0.25) is 9.59 Å². The molecule has 3 aliphatic rings. The van der Waals surface area contributed by atoms with Gasteiger partial charge in [0.15, 0.2) is 18.7 Å². The number of aliphatic hydroxyl groups is 3. The van der Waals surface area contributed by atoms with E-state index >= 15 is 0 Å². The Morgan fingerprint density at radius 2 is 1.60 bits per heavy atom. The molecule has 3 saturated heterocycles. The molecule has 0 spiro atoms. The smallest absolute Gasteiger partial charge is 0.311 e. The Hall–Kier alpha value is -1.50. The molecule has 0 aromatic heterocycles. The molecule has 0 aliphatic carbocycles. The van der Waals surface area contributed by atoms with Crippen molar-refractivity contribution in [3.63, 3.8) is 0 Å². The van der Waals surface area contributed by atoms with Gasteiger partial charge >= 0.3 is 11.9 Å². The normalized spacial score (nSPS) is 46.2. The third kappa shape index (κ3) is 11.9. The van der Waals surface area contributed by atoms with Crippen LogP contribution in [0.1, 0.15) is 109 Å². The van der Waals surface area contributed by atoms with Crippen LogP contribution in [-0.2, 0) is 47.5 Å². The summed E-state index contributed by atoms with van der Waals surface area (Å²) in [6.45, 7) is 22.2. The van der Waals surface area contributed by atoms with Crippen LogP contribution < -0.4 is 0 Å². The fraction of sp³-hybridized carbons (Fsp3) is 0.952. The second-order valence-corrected chi connectivity index (χ2v) is 18.2. The van der Waals surface area contributed by atoms with Gasteiger partial charge in [0.25, 0.3) is 0 Å². The highest BCUT2D eigenvalue weighted by molar-refractivity contribution is 5.73. The zero-order valence-electron chi connectivity index (χ0n) is 37.7. The fourth-order valence-corrected chi connectivity index (χ4v) is 9.51. The van der Waals surface area contributed by atoms with Crippen LogP contribution >= 0.6 is 0 Å². The Labute approximate surface area is 342 Å². The number of carbonyl (C=O) groups excluding carboxylic acids is 2. The number of esters is 2. The van der Waals surface area contributed by atoms with Crippen molar-refractivity contribution in [3.05, 3.63) is 0 Å². The number of methoxy groups -OCH3 is 1. The first-order chi connectivity index (χ1) is 26.3. The third-order valence-corrected chi connectivity index (χ3v) is 12.8. The number of rotatable bonds is 10. The lowest BCUT2D eigenvalue weighted by atomic mass is 9.77. The maximum atomic E-state index is 14.5. The Bertz CT molecular complexity index is 1290. The number of cyclic esters (lactones) is 1. The second kappa shape index (κ2) is 20.4. The summed E-state index contributed by atoms with van der Waals surface area (Å²) in [6, 6.07) is -0.572. The molecule has 3 rings (SSSR count). The molecule has 0 amide bonds. The van der Waals surface area contributed by atoms with Crippen molar-refractivity contribution in [2.75, 3.05) is 41.4 Å². The predicted molar refractivity (Wildman–Crippen MR) is 213 cm³/mol. The van der Waals surface area contributed by atoms with E-state index in [4.69, 9.17) is 37.9 Å². The average Bonchev–Trinajstić information content (AvgIpc) is 3.11. The Morgan fingerprint density at radius 3 is 2.14 bits per heavy atom. The van der Waals surface area contributed by atoms with Crippen molar-refractivity contribution in [2.45, 2.75) is 199 Å². The molecule has 18 atom stereocenters. The van der Waals surface area contributed by atoms with Crippen molar-refractivity contribution in [1.29, 1.82) is 0 Å². The zero-order chi connectivity index (χ0) is 43.4. The lowest BCUT2D eigenvalue weighted by Gasteiger charge is -2.49. The molecular formula is C42H78N2O13. The third-order valence-electron chi connectivity index (χ3n) is 12.8. The van der Waals surface area contributed by atoms with Gasteiger partial charge in [-0.05, 0) is 102 Å². The van der Waals surface area contributed by atoms with E-state index in [1.54, 1.807) is 34.6 Å². The van der Waals surface area contributed by atoms with E-state index in [2.05, 4.69) is 4.90 Å². The van der Waals surface area contributed by atoms with Gasteiger partial charge in [-0.15, -0.1) is 0 Å². The number of likely N-dealkylation sites (N-methyl/N-ethyl adjacent to an activating group) is 2. The van der Waals surface area contributed by atoms with Crippen LogP contribution in [0.25, 0.3) is 0 Å². The summed E-state index contributed by atoms with van der Waals surface area (Å²) in [5, 5.41) is 36.0. The molecule has 0 saturated carbocycles. The predicted octanol–water partition coefficient (Wildman–Crippen LogP) is 3.52. The number of nitrogens with zero attached hydrogens (tertiary/aromatic N) is 2. The number of hydrogen-bond acceptors (Lipinski definition) is 15. The fourth-order valence-electron chi connectivity index (χ4n) is 9.51. The van der Waals surface area contributed by atoms with E-state index < -0.39 is 95.9 Å². The molecule has 3 heterocycles. The van der Waals surface area contributed by atoms with E-state index in [1.807, 2.05) is 67.6 Å². The van der Waals surface area contributed by atoms with Crippen LogP contribution in [0.3, 0.4) is 0 Å². The number of ether oxygens (including phenoxy) is 8. The lowest BCUT2D eigenvalue weighted by Crippen LogP contribution is -2.61. The topological polar surface area (TPSA) is 175 Å². The minimum atomic E-state index is -1.58. The zero-order valence-corrected chi connectivity index (χ0v) is 37.7. The number of aliphatic hydroxyl groups excluding tert-OH is 1. The van der Waals surface area contributed by atoms with Crippen molar-refractivity contribution >= 4 is 11.9 Å². The van der Waals surface area contributed by atoms with Gasteiger partial charge in [-0.1, -0.05) is 20.8 Å². The van der Waals surface area contributed by atoms with Crippen LogP contribution in [0.2, 0.25) is 0 Å². The highest BCUT2D eigenvalue weighted by atomic mass is 16.7. The van der Waals surface area contributed by atoms with E-state index in [-0.39, 0.29) is 36.9 Å². The van der Waals surface area contributed by atoms with Crippen molar-refractivity contribution in [3.8, 4) is 0 Å². The van der Waals surface area contributed by atoms with Gasteiger partial charge in [0.2, 0.25) is 0 Å². The van der Waals surface area contributed by atoms with Crippen LogP contribution in [0.15, 0.2) is 0 Å². The van der Waals surface area contributed by atoms with E-state index in [0.717, 1.165) is 0 Å². The summed E-state index contributed by atoms with van der Waals surface area (Å²) in [4.78, 5) is 31.1. The Balaban J connectivity index is 2.25. The minimum Gasteiger partial charge on any atom is -0.459 e. The molecule has 3 fully saturated rings. The molecule has 15 heteroatoms. The first-order valence-corrected chi connectivity index (χ1v) is 21.0. The van der Waals surface area contributed by atoms with Gasteiger partial charge in [0.05, 0.1) is 47.6 Å². The van der Waals surface area contributed by atoms with Crippen LogP contribution in [0.5, 0.6) is 0 Å². The van der Waals surface area contributed by atoms with E-state index in [0.29, 0.717) is 26.0 Å². The number of hydrogen-bond donors (Lipinski definition) is 3. The molecule has 0 unspecified atom stereocenters. The van der Waals surface area contributed by atoms with Gasteiger partial charge in [-0.2, -0.15) is 0 Å². The van der Waals surface area contributed by atoms with Crippen molar-refractivity contribution in [2.24, 2.45) is 17.8 Å². The molecule has 0 radical (unpaired) electrons. The highest BCUT2D eigenvalue weighted by Crippen LogP contribution is 2.40. The first kappa shape index (κ1) is 49.9. The molecule has 0 bridgehead atoms. The molecule has 15 nitrogen and oxygen atoms in total. The van der Waals surface area contributed by atoms with Crippen LogP contribution in [0.4, 0.5) is 0 Å². The molecule has 334 valence electrons. The minimum absolute atomic E-state index is 0.115. The van der Waals surface area contributed by atoms with Gasteiger partial charge in [0, 0.05) is 45.6 Å². The molecule has 57 heavy (non-hydrogen) atoms. The molecule has 0 aromatic carbocycles. The van der Waals surface area contributed by atoms with Crippen LogP contribution in [0, 0.1) is 17.8 Å². The summed E-state index contributed by atoms with van der Waals surface area (Å²) in [7, 11) is 7.28. The quantitative estimate of drug-likeness (QED) is 0.273. The van der Waals surface area contributed by atoms with Gasteiger partial charge in [0.1, 0.15) is 23.9 Å². The Morgan fingerprint density at radius 1 is 0.965 bits per heavy atom. The van der Waals surface area contributed by atoms with E-state index in [1.165, 1.54) is 14.0 Å². The molecule has 3 aliphatic heterocycles. The Kier molecular flexibility index (Phi) is 17.8. The van der Waals surface area contributed by atoms with E-state index in [9.17, 15) is 24.9 Å². The first-order valence-electron chi connectivity index (χ1n) is 21.0. The maximum Gasteiger partial charge on any atom is 0.311 e. The van der Waals surface area contributed by atoms with Crippen molar-refractivity contribution in [1.82, 2.24) is 9.80 Å².